The summed E-state index contributed by atoms with van der Waals surface area (Å²) in [4.78, 5) is 44.4. The molecular formula is C29H36N4O4. The number of piperidine rings is 1. The molecule has 0 radical (unpaired) electrons. The van der Waals surface area contributed by atoms with Gasteiger partial charge in [0.15, 0.2) is 5.58 Å². The summed E-state index contributed by atoms with van der Waals surface area (Å²) in [7, 11) is 0. The molecule has 0 bridgehead atoms. The zero-order valence-electron chi connectivity index (χ0n) is 21.5. The van der Waals surface area contributed by atoms with E-state index in [0.717, 1.165) is 31.5 Å². The zero-order chi connectivity index (χ0) is 26.2. The van der Waals surface area contributed by atoms with Crippen molar-refractivity contribution < 1.29 is 18.8 Å². The molecular weight excluding hydrogens is 468 g/mol. The second-order valence-corrected chi connectivity index (χ2v) is 9.83. The van der Waals surface area contributed by atoms with Gasteiger partial charge in [0.1, 0.15) is 11.6 Å². The standard InChI is InChI=1S/C29H36N4O4/c1-3-19(2)25(33-27(35)21-15-17-30-18-16-21)28(36)31-23(14-13-20-9-5-4-6-10-20)26(34)29-32-22-11-7-8-12-24(22)37-29/h4-12,19,21,23,25,30H,3,13-18H2,1-2H3,(H,31,36)(H,33,35)/t19?,23-,25-/m0/s1. The van der Waals surface area contributed by atoms with E-state index < -0.39 is 12.1 Å². The number of fused-ring (bicyclic) bond motifs is 1. The normalized spacial score (nSPS) is 16.6. The van der Waals surface area contributed by atoms with Crippen molar-refractivity contribution in [2.75, 3.05) is 13.1 Å². The SMILES string of the molecule is CCC(C)[C@H](NC(=O)C1CCNCC1)C(=O)N[C@@H](CCc1ccccc1)C(=O)c1nc2ccccc2o1. The zero-order valence-corrected chi connectivity index (χ0v) is 21.5. The van der Waals surface area contributed by atoms with Crippen molar-refractivity contribution in [1.29, 1.82) is 0 Å². The molecule has 3 N–H and O–H groups in total. The number of aryl methyl sites for hydroxylation is 1. The Labute approximate surface area is 217 Å². The molecule has 0 spiro atoms. The summed E-state index contributed by atoms with van der Waals surface area (Å²) >= 11 is 0. The minimum atomic E-state index is -0.844. The van der Waals surface area contributed by atoms with Crippen LogP contribution in [0.15, 0.2) is 59.0 Å². The molecule has 1 aliphatic heterocycles. The molecule has 1 unspecified atom stereocenters. The molecule has 8 nitrogen and oxygen atoms in total. The van der Waals surface area contributed by atoms with Crippen molar-refractivity contribution >= 4 is 28.7 Å². The van der Waals surface area contributed by atoms with E-state index in [1.807, 2.05) is 56.3 Å². The minimum absolute atomic E-state index is 0.0293. The predicted octanol–water partition coefficient (Wildman–Crippen LogP) is 3.66. The molecule has 37 heavy (non-hydrogen) atoms. The largest absolute Gasteiger partial charge is 0.434 e. The van der Waals surface area contributed by atoms with Crippen molar-refractivity contribution in [2.24, 2.45) is 11.8 Å². The van der Waals surface area contributed by atoms with E-state index in [-0.39, 0.29) is 35.3 Å². The van der Waals surface area contributed by atoms with Crippen LogP contribution in [-0.4, -0.2) is 47.8 Å². The number of carbonyl (C=O) groups is 3. The minimum Gasteiger partial charge on any atom is -0.434 e. The maximum absolute atomic E-state index is 13.6. The summed E-state index contributed by atoms with van der Waals surface area (Å²) in [5.41, 5.74) is 2.17. The van der Waals surface area contributed by atoms with Crippen molar-refractivity contribution in [1.82, 2.24) is 20.9 Å². The molecule has 1 fully saturated rings. The first-order valence-corrected chi connectivity index (χ1v) is 13.2. The Morgan fingerprint density at radius 3 is 2.43 bits per heavy atom. The molecule has 3 aromatic rings. The number of nitrogens with one attached hydrogen (secondary N) is 3. The van der Waals surface area contributed by atoms with Gasteiger partial charge in [0.05, 0.1) is 6.04 Å². The van der Waals surface area contributed by atoms with Crippen LogP contribution in [0.5, 0.6) is 0 Å². The van der Waals surface area contributed by atoms with Crippen molar-refractivity contribution in [3.63, 3.8) is 0 Å². The molecule has 1 aliphatic rings. The topological polar surface area (TPSA) is 113 Å². The van der Waals surface area contributed by atoms with Gasteiger partial charge in [-0.15, -0.1) is 0 Å². The molecule has 8 heteroatoms. The highest BCUT2D eigenvalue weighted by Gasteiger charge is 2.33. The first-order chi connectivity index (χ1) is 18.0. The van der Waals surface area contributed by atoms with Crippen LogP contribution in [0.4, 0.5) is 0 Å². The Bertz CT molecular complexity index is 1170. The Kier molecular flexibility index (Phi) is 9.06. The highest BCUT2D eigenvalue weighted by molar-refractivity contribution is 6.01. The van der Waals surface area contributed by atoms with Gasteiger partial charge in [-0.25, -0.2) is 4.98 Å². The number of ketones is 1. The third-order valence-electron chi connectivity index (χ3n) is 7.21. The van der Waals surface area contributed by atoms with Gasteiger partial charge in [-0.3, -0.25) is 14.4 Å². The molecule has 2 aromatic carbocycles. The Balaban J connectivity index is 1.53. The fraction of sp³-hybridized carbons (Fsp3) is 0.448. The number of oxazole rings is 1. The summed E-state index contributed by atoms with van der Waals surface area (Å²) in [6, 6.07) is 15.4. The van der Waals surface area contributed by atoms with Crippen LogP contribution < -0.4 is 16.0 Å². The maximum atomic E-state index is 13.6. The Morgan fingerprint density at radius 1 is 1.03 bits per heavy atom. The summed E-state index contributed by atoms with van der Waals surface area (Å²) in [5, 5.41) is 9.18. The van der Waals surface area contributed by atoms with Gasteiger partial charge >= 0.3 is 0 Å². The van der Waals surface area contributed by atoms with Gasteiger partial charge in [0, 0.05) is 5.92 Å². The molecule has 0 aliphatic carbocycles. The van der Waals surface area contributed by atoms with Crippen LogP contribution >= 0.6 is 0 Å². The average Bonchev–Trinajstić information content (AvgIpc) is 3.38. The van der Waals surface area contributed by atoms with E-state index in [9.17, 15) is 14.4 Å². The molecule has 2 heterocycles. The maximum Gasteiger partial charge on any atom is 0.266 e. The molecule has 2 amide bonds. The number of hydrogen-bond donors (Lipinski definition) is 3. The van der Waals surface area contributed by atoms with Gasteiger partial charge in [0.25, 0.3) is 5.89 Å². The van der Waals surface area contributed by atoms with Crippen molar-refractivity contribution in [2.45, 2.75) is 58.0 Å². The van der Waals surface area contributed by atoms with Crippen LogP contribution in [0.25, 0.3) is 11.1 Å². The van der Waals surface area contributed by atoms with E-state index >= 15 is 0 Å². The first-order valence-electron chi connectivity index (χ1n) is 13.2. The number of nitrogens with zero attached hydrogens (tertiary/aromatic N) is 1. The molecule has 196 valence electrons. The predicted molar refractivity (Wildman–Crippen MR) is 142 cm³/mol. The fourth-order valence-electron chi connectivity index (χ4n) is 4.67. The van der Waals surface area contributed by atoms with Crippen LogP contribution in [0.2, 0.25) is 0 Å². The van der Waals surface area contributed by atoms with Crippen molar-refractivity contribution in [3.05, 3.63) is 66.1 Å². The molecule has 4 rings (SSSR count). The lowest BCUT2D eigenvalue weighted by molar-refractivity contribution is -0.133. The number of carbonyl (C=O) groups excluding carboxylic acids is 3. The van der Waals surface area contributed by atoms with Crippen LogP contribution in [0.1, 0.15) is 55.8 Å². The third kappa shape index (κ3) is 6.83. The fourth-order valence-corrected chi connectivity index (χ4v) is 4.67. The Morgan fingerprint density at radius 2 is 1.73 bits per heavy atom. The number of hydrogen-bond acceptors (Lipinski definition) is 6. The van der Waals surface area contributed by atoms with E-state index in [1.54, 1.807) is 12.1 Å². The number of rotatable bonds is 11. The van der Waals surface area contributed by atoms with Gasteiger partial charge in [-0.1, -0.05) is 62.7 Å². The highest BCUT2D eigenvalue weighted by Crippen LogP contribution is 2.19. The molecule has 3 atom stereocenters. The monoisotopic (exact) mass is 504 g/mol. The van der Waals surface area contributed by atoms with Crippen LogP contribution in [0.3, 0.4) is 0 Å². The molecule has 0 saturated carbocycles. The van der Waals surface area contributed by atoms with E-state index in [2.05, 4.69) is 20.9 Å². The Hall–Kier alpha value is -3.52. The van der Waals surface area contributed by atoms with E-state index in [0.29, 0.717) is 30.4 Å². The number of amides is 2. The van der Waals surface area contributed by atoms with Gasteiger partial charge in [-0.2, -0.15) is 0 Å². The molecule has 1 aromatic heterocycles. The highest BCUT2D eigenvalue weighted by atomic mass is 16.4. The second kappa shape index (κ2) is 12.6. The van der Waals surface area contributed by atoms with Gasteiger partial charge in [-0.05, 0) is 62.4 Å². The second-order valence-electron chi connectivity index (χ2n) is 9.83. The van der Waals surface area contributed by atoms with Gasteiger partial charge < -0.3 is 20.4 Å². The van der Waals surface area contributed by atoms with Crippen LogP contribution in [-0.2, 0) is 16.0 Å². The van der Waals surface area contributed by atoms with E-state index in [4.69, 9.17) is 4.42 Å². The summed E-state index contributed by atoms with van der Waals surface area (Å²) in [5.74, 6) is -1.09. The summed E-state index contributed by atoms with van der Waals surface area (Å²) < 4.78 is 5.73. The summed E-state index contributed by atoms with van der Waals surface area (Å²) in [6.07, 6.45) is 3.17. The lowest BCUT2D eigenvalue weighted by Gasteiger charge is -2.29. The van der Waals surface area contributed by atoms with E-state index in [1.165, 1.54) is 0 Å². The first kappa shape index (κ1) is 26.5. The van der Waals surface area contributed by atoms with Crippen molar-refractivity contribution in [3.8, 4) is 0 Å². The average molecular weight is 505 g/mol. The van der Waals surface area contributed by atoms with Crippen LogP contribution in [0, 0.1) is 11.8 Å². The number of para-hydroxylation sites is 2. The summed E-state index contributed by atoms with van der Waals surface area (Å²) in [6.45, 7) is 5.50. The lowest BCUT2D eigenvalue weighted by Crippen LogP contribution is -2.55. The number of benzene rings is 2. The third-order valence-corrected chi connectivity index (χ3v) is 7.21. The van der Waals surface area contributed by atoms with Gasteiger partial charge in [0.2, 0.25) is 17.6 Å². The smallest absolute Gasteiger partial charge is 0.266 e. The molecule has 1 saturated heterocycles. The number of aromatic nitrogens is 1. The lowest BCUT2D eigenvalue weighted by atomic mass is 9.93. The quantitative estimate of drug-likeness (QED) is 0.344. The number of Topliss-reactive ketones (excluding diaryl/α,β-unsaturated/α-hetero) is 1.